The molecule has 1 aromatic carbocycles. The zero-order chi connectivity index (χ0) is 13.2. The molecule has 0 bridgehead atoms. The van der Waals surface area contributed by atoms with Crippen LogP contribution in [0.25, 0.3) is 0 Å². The molecule has 0 aromatic heterocycles. The molecule has 0 saturated heterocycles. The van der Waals surface area contributed by atoms with Gasteiger partial charge in [0.05, 0.1) is 0 Å². The van der Waals surface area contributed by atoms with Crippen molar-refractivity contribution in [1.29, 1.82) is 0 Å². The SMILES string of the molecule is CC(C)c1ccc(CN2C=CN(C3CC3)CC2)cc1. The van der Waals surface area contributed by atoms with E-state index in [0.29, 0.717) is 5.92 Å². The normalized spacial score (nSPS) is 19.3. The summed E-state index contributed by atoms with van der Waals surface area (Å²) in [5.74, 6) is 0.621. The fourth-order valence-corrected chi connectivity index (χ4v) is 2.66. The van der Waals surface area contributed by atoms with Crippen molar-refractivity contribution in [2.45, 2.75) is 45.2 Å². The summed E-state index contributed by atoms with van der Waals surface area (Å²) in [5.41, 5.74) is 2.84. The predicted octanol–water partition coefficient (Wildman–Crippen LogP) is 3.56. The van der Waals surface area contributed by atoms with Crippen LogP contribution in [0.3, 0.4) is 0 Å². The summed E-state index contributed by atoms with van der Waals surface area (Å²) >= 11 is 0. The summed E-state index contributed by atoms with van der Waals surface area (Å²) in [4.78, 5) is 4.92. The van der Waals surface area contributed by atoms with Crippen LogP contribution in [0.2, 0.25) is 0 Å². The Bertz CT molecular complexity index is 443. The number of hydrogen-bond acceptors (Lipinski definition) is 2. The average Bonchev–Trinajstić information content (AvgIpc) is 3.25. The third kappa shape index (κ3) is 3.12. The summed E-state index contributed by atoms with van der Waals surface area (Å²) < 4.78 is 0. The molecule has 1 fully saturated rings. The molecule has 2 heteroatoms. The van der Waals surface area contributed by atoms with Gasteiger partial charge in [0.15, 0.2) is 0 Å². The largest absolute Gasteiger partial charge is 0.371 e. The highest BCUT2D eigenvalue weighted by atomic mass is 15.2. The minimum atomic E-state index is 0.621. The lowest BCUT2D eigenvalue weighted by atomic mass is 10.0. The molecule has 0 radical (unpaired) electrons. The first kappa shape index (κ1) is 12.6. The molecule has 0 atom stereocenters. The highest BCUT2D eigenvalue weighted by molar-refractivity contribution is 5.24. The summed E-state index contributed by atoms with van der Waals surface area (Å²) in [7, 11) is 0. The first-order valence-electron chi connectivity index (χ1n) is 7.49. The van der Waals surface area contributed by atoms with Crippen LogP contribution in [0.5, 0.6) is 0 Å². The Morgan fingerprint density at radius 1 is 1.05 bits per heavy atom. The molecule has 3 rings (SSSR count). The fourth-order valence-electron chi connectivity index (χ4n) is 2.66. The van der Waals surface area contributed by atoms with E-state index >= 15 is 0 Å². The van der Waals surface area contributed by atoms with Gasteiger partial charge in [-0.15, -0.1) is 0 Å². The van der Waals surface area contributed by atoms with Gasteiger partial charge in [0.1, 0.15) is 0 Å². The standard InChI is InChI=1S/C17H24N2/c1-14(2)16-5-3-15(4-6-16)13-18-9-11-19(12-10-18)17-7-8-17/h3-6,9,11,14,17H,7-8,10,12-13H2,1-2H3. The van der Waals surface area contributed by atoms with Gasteiger partial charge in [-0.2, -0.15) is 0 Å². The van der Waals surface area contributed by atoms with Gasteiger partial charge in [-0.1, -0.05) is 38.1 Å². The molecular weight excluding hydrogens is 232 g/mol. The first-order valence-corrected chi connectivity index (χ1v) is 7.49. The fraction of sp³-hybridized carbons (Fsp3) is 0.529. The molecule has 2 aliphatic rings. The Morgan fingerprint density at radius 2 is 1.79 bits per heavy atom. The smallest absolute Gasteiger partial charge is 0.0425 e. The summed E-state index contributed by atoms with van der Waals surface area (Å²) in [6, 6.07) is 9.94. The van der Waals surface area contributed by atoms with Crippen LogP contribution in [-0.2, 0) is 6.54 Å². The molecule has 102 valence electrons. The van der Waals surface area contributed by atoms with E-state index in [0.717, 1.165) is 19.1 Å². The van der Waals surface area contributed by atoms with Gasteiger partial charge in [0.2, 0.25) is 0 Å². The van der Waals surface area contributed by atoms with Gasteiger partial charge in [0, 0.05) is 38.1 Å². The lowest BCUT2D eigenvalue weighted by Gasteiger charge is -2.31. The first-order chi connectivity index (χ1) is 9.22. The van der Waals surface area contributed by atoms with Gasteiger partial charge in [-0.05, 0) is 29.9 Å². The van der Waals surface area contributed by atoms with E-state index in [4.69, 9.17) is 0 Å². The number of hydrogen-bond donors (Lipinski definition) is 0. The van der Waals surface area contributed by atoms with E-state index < -0.39 is 0 Å². The van der Waals surface area contributed by atoms with Crippen LogP contribution in [0.4, 0.5) is 0 Å². The quantitative estimate of drug-likeness (QED) is 0.812. The molecule has 1 heterocycles. The van der Waals surface area contributed by atoms with Crippen LogP contribution in [0.1, 0.15) is 43.7 Å². The molecule has 1 aliphatic carbocycles. The van der Waals surface area contributed by atoms with Crippen molar-refractivity contribution in [3.8, 4) is 0 Å². The zero-order valence-corrected chi connectivity index (χ0v) is 12.0. The molecule has 1 aromatic rings. The molecular formula is C17H24N2. The molecule has 0 spiro atoms. The monoisotopic (exact) mass is 256 g/mol. The zero-order valence-electron chi connectivity index (χ0n) is 12.0. The number of benzene rings is 1. The summed E-state index contributed by atoms with van der Waals surface area (Å²) in [5, 5.41) is 0. The third-order valence-electron chi connectivity index (χ3n) is 4.16. The van der Waals surface area contributed by atoms with Gasteiger partial charge >= 0.3 is 0 Å². The highest BCUT2D eigenvalue weighted by Crippen LogP contribution is 2.28. The minimum Gasteiger partial charge on any atom is -0.371 e. The van der Waals surface area contributed by atoms with Crippen LogP contribution in [0, 0.1) is 0 Å². The van der Waals surface area contributed by atoms with Crippen molar-refractivity contribution in [3.05, 3.63) is 47.8 Å². The van der Waals surface area contributed by atoms with Crippen LogP contribution in [-0.4, -0.2) is 28.9 Å². The van der Waals surface area contributed by atoms with Crippen molar-refractivity contribution in [2.75, 3.05) is 13.1 Å². The molecule has 0 unspecified atom stereocenters. The second kappa shape index (κ2) is 5.28. The van der Waals surface area contributed by atoms with Crippen molar-refractivity contribution >= 4 is 0 Å². The van der Waals surface area contributed by atoms with Crippen molar-refractivity contribution < 1.29 is 0 Å². The lowest BCUT2D eigenvalue weighted by Crippen LogP contribution is -2.35. The Morgan fingerprint density at radius 3 is 2.32 bits per heavy atom. The number of nitrogens with zero attached hydrogens (tertiary/aromatic N) is 2. The van der Waals surface area contributed by atoms with Gasteiger partial charge in [0.25, 0.3) is 0 Å². The molecule has 0 amide bonds. The minimum absolute atomic E-state index is 0.621. The van der Waals surface area contributed by atoms with Crippen molar-refractivity contribution in [1.82, 2.24) is 9.80 Å². The van der Waals surface area contributed by atoms with Gasteiger partial charge < -0.3 is 9.80 Å². The van der Waals surface area contributed by atoms with Crippen LogP contribution >= 0.6 is 0 Å². The van der Waals surface area contributed by atoms with Gasteiger partial charge in [-0.25, -0.2) is 0 Å². The Kier molecular flexibility index (Phi) is 3.50. The predicted molar refractivity (Wildman–Crippen MR) is 79.8 cm³/mol. The summed E-state index contributed by atoms with van der Waals surface area (Å²) in [6.45, 7) is 7.86. The Labute approximate surface area is 116 Å². The lowest BCUT2D eigenvalue weighted by molar-refractivity contribution is 0.250. The van der Waals surface area contributed by atoms with E-state index in [2.05, 4.69) is 60.3 Å². The van der Waals surface area contributed by atoms with Gasteiger partial charge in [-0.3, -0.25) is 0 Å². The molecule has 1 aliphatic heterocycles. The van der Waals surface area contributed by atoms with Crippen LogP contribution in [0.15, 0.2) is 36.7 Å². The Hall–Kier alpha value is -1.44. The van der Waals surface area contributed by atoms with E-state index in [1.165, 1.54) is 30.5 Å². The van der Waals surface area contributed by atoms with E-state index in [1.807, 2.05) is 0 Å². The Balaban J connectivity index is 1.57. The maximum absolute atomic E-state index is 2.50. The maximum Gasteiger partial charge on any atom is 0.0425 e. The van der Waals surface area contributed by atoms with E-state index in [1.54, 1.807) is 0 Å². The highest BCUT2D eigenvalue weighted by Gasteiger charge is 2.28. The molecule has 0 N–H and O–H groups in total. The van der Waals surface area contributed by atoms with Crippen molar-refractivity contribution in [3.63, 3.8) is 0 Å². The second-order valence-corrected chi connectivity index (χ2v) is 6.13. The molecule has 19 heavy (non-hydrogen) atoms. The topological polar surface area (TPSA) is 6.48 Å². The van der Waals surface area contributed by atoms with E-state index in [9.17, 15) is 0 Å². The number of rotatable bonds is 4. The summed E-state index contributed by atoms with van der Waals surface area (Å²) in [6.07, 6.45) is 7.32. The van der Waals surface area contributed by atoms with Crippen molar-refractivity contribution in [2.24, 2.45) is 0 Å². The van der Waals surface area contributed by atoms with Crippen LogP contribution < -0.4 is 0 Å². The molecule has 2 nitrogen and oxygen atoms in total. The van der Waals surface area contributed by atoms with E-state index in [-0.39, 0.29) is 0 Å². The average molecular weight is 256 g/mol. The second-order valence-electron chi connectivity index (χ2n) is 6.13. The molecule has 1 saturated carbocycles. The third-order valence-corrected chi connectivity index (χ3v) is 4.16. The maximum atomic E-state index is 2.50.